The van der Waals surface area contributed by atoms with E-state index in [1.54, 1.807) is 0 Å². The largest absolute Gasteiger partial charge is 0.494 e. The Hall–Kier alpha value is -2.12. The van der Waals surface area contributed by atoms with Gasteiger partial charge in [-0.2, -0.15) is 0 Å². The number of rotatable bonds is 11. The first-order chi connectivity index (χ1) is 17.9. The van der Waals surface area contributed by atoms with Crippen molar-refractivity contribution in [2.45, 2.75) is 110 Å². The highest BCUT2D eigenvalue weighted by atomic mass is 28.4. The van der Waals surface area contributed by atoms with Gasteiger partial charge >= 0.3 is 11.9 Å². The van der Waals surface area contributed by atoms with E-state index < -0.39 is 19.3 Å². The first-order valence-electron chi connectivity index (χ1n) is 14.2. The molecule has 220 valence electrons. The van der Waals surface area contributed by atoms with Gasteiger partial charge in [-0.3, -0.25) is 9.59 Å². The number of hydrogen-bond donors (Lipinski definition) is 0. The first-order valence-corrected chi connectivity index (χ1v) is 17.1. The normalized spacial score (nSPS) is 22.2. The van der Waals surface area contributed by atoms with Gasteiger partial charge in [-0.15, -0.1) is 0 Å². The summed E-state index contributed by atoms with van der Waals surface area (Å²) < 4.78 is 23.1. The summed E-state index contributed by atoms with van der Waals surface area (Å²) >= 11 is 0. The molecule has 1 aromatic carbocycles. The maximum Gasteiger partial charge on any atom is 0.312 e. The predicted octanol–water partition coefficient (Wildman–Crippen LogP) is 7.83. The maximum atomic E-state index is 13.1. The van der Waals surface area contributed by atoms with Crippen LogP contribution < -0.4 is 4.74 Å². The molecule has 0 radical (unpaired) electrons. The fraction of sp³-hybridized carbons (Fsp3) is 0.688. The van der Waals surface area contributed by atoms with Crippen LogP contribution in [0.4, 0.5) is 0 Å². The fourth-order valence-corrected chi connectivity index (χ4v) is 6.22. The third-order valence-corrected chi connectivity index (χ3v) is 12.9. The number of ether oxygens (including phenoxy) is 3. The van der Waals surface area contributed by atoms with E-state index in [1.807, 2.05) is 39.8 Å². The first kappa shape index (κ1) is 33.1. The van der Waals surface area contributed by atoms with E-state index in [0.717, 1.165) is 29.7 Å². The summed E-state index contributed by atoms with van der Waals surface area (Å²) in [5.74, 6) is 0.326. The van der Waals surface area contributed by atoms with Crippen molar-refractivity contribution in [1.82, 2.24) is 0 Å². The Morgan fingerprint density at radius 3 is 2.18 bits per heavy atom. The van der Waals surface area contributed by atoms with Crippen LogP contribution in [-0.2, 0) is 23.5 Å². The summed E-state index contributed by atoms with van der Waals surface area (Å²) in [5, 5.41) is 0.197. The summed E-state index contributed by atoms with van der Waals surface area (Å²) in [7, 11) is -0.355. The molecular weight excluding hydrogens is 508 g/mol. The van der Waals surface area contributed by atoms with Crippen LogP contribution in [0, 0.1) is 11.3 Å². The van der Waals surface area contributed by atoms with Gasteiger partial charge in [0.15, 0.2) is 8.32 Å². The standard InChI is InChI=1S/C32H52O6Si/c1-23(2)26-17-18-32(29(34)35-9,22-28(33)38-30(3,4)5)21-27(26)24-13-15-25(16-14-24)36-19-12-20-37-39(10,11)31(6,7)8/h13-16,26-27H,1,12,17-22H2,2-11H3/t26-,27-,32-/m0/s1. The average Bonchev–Trinajstić information content (AvgIpc) is 2.81. The molecule has 7 heteroatoms. The molecule has 39 heavy (non-hydrogen) atoms. The molecule has 1 aromatic rings. The molecule has 0 spiro atoms. The molecule has 0 heterocycles. The molecule has 2 rings (SSSR count). The Balaban J connectivity index is 2.12. The summed E-state index contributed by atoms with van der Waals surface area (Å²) in [6, 6.07) is 8.12. The van der Waals surface area contributed by atoms with Crippen molar-refractivity contribution in [3.63, 3.8) is 0 Å². The van der Waals surface area contributed by atoms with Gasteiger partial charge in [0.25, 0.3) is 0 Å². The van der Waals surface area contributed by atoms with Crippen molar-refractivity contribution in [2.75, 3.05) is 20.3 Å². The number of carbonyl (C=O) groups is 2. The molecule has 0 bridgehead atoms. The van der Waals surface area contributed by atoms with E-state index in [2.05, 4.69) is 52.6 Å². The summed E-state index contributed by atoms with van der Waals surface area (Å²) in [6.07, 6.45) is 2.66. The molecule has 1 saturated carbocycles. The quantitative estimate of drug-likeness (QED) is 0.119. The molecule has 0 N–H and O–H groups in total. The lowest BCUT2D eigenvalue weighted by Crippen LogP contribution is -2.42. The molecule has 0 aromatic heterocycles. The molecule has 6 nitrogen and oxygen atoms in total. The van der Waals surface area contributed by atoms with Gasteiger partial charge in [-0.1, -0.05) is 45.1 Å². The lowest BCUT2D eigenvalue weighted by molar-refractivity contribution is -0.169. The minimum atomic E-state index is -1.75. The number of methoxy groups -OCH3 is 1. The molecular formula is C32H52O6Si. The topological polar surface area (TPSA) is 71.1 Å². The van der Waals surface area contributed by atoms with Crippen LogP contribution in [0.5, 0.6) is 5.75 Å². The highest BCUT2D eigenvalue weighted by Gasteiger charge is 2.49. The number of benzene rings is 1. The third kappa shape index (κ3) is 9.21. The van der Waals surface area contributed by atoms with Crippen LogP contribution in [0.25, 0.3) is 0 Å². The van der Waals surface area contributed by atoms with Gasteiger partial charge in [0.05, 0.1) is 25.6 Å². The van der Waals surface area contributed by atoms with Crippen molar-refractivity contribution >= 4 is 20.3 Å². The SMILES string of the molecule is C=C(C)[C@@H]1CC[C@](CC(=O)OC(C)(C)C)(C(=O)OC)C[C@H]1c1ccc(OCCCO[Si](C)(C)C(C)(C)C)cc1. The van der Waals surface area contributed by atoms with Crippen molar-refractivity contribution in [1.29, 1.82) is 0 Å². The summed E-state index contributed by atoms with van der Waals surface area (Å²) in [6.45, 7) is 24.3. The molecule has 1 aliphatic carbocycles. The number of esters is 2. The molecule has 1 fully saturated rings. The Morgan fingerprint density at radius 1 is 1.05 bits per heavy atom. The Labute approximate surface area is 238 Å². The van der Waals surface area contributed by atoms with Gasteiger partial charge in [0.2, 0.25) is 0 Å². The third-order valence-electron chi connectivity index (χ3n) is 8.32. The number of hydrogen-bond acceptors (Lipinski definition) is 6. The monoisotopic (exact) mass is 560 g/mol. The van der Waals surface area contributed by atoms with Crippen LogP contribution in [0.1, 0.15) is 92.1 Å². The fourth-order valence-electron chi connectivity index (χ4n) is 5.13. The lowest BCUT2D eigenvalue weighted by Gasteiger charge is -2.43. The van der Waals surface area contributed by atoms with E-state index in [4.69, 9.17) is 18.6 Å². The zero-order valence-corrected chi connectivity index (χ0v) is 27.1. The predicted molar refractivity (Wildman–Crippen MR) is 160 cm³/mol. The van der Waals surface area contributed by atoms with Gasteiger partial charge < -0.3 is 18.6 Å². The van der Waals surface area contributed by atoms with Gasteiger partial charge in [-0.05, 0) is 94.6 Å². The van der Waals surface area contributed by atoms with Gasteiger partial charge in [0.1, 0.15) is 11.4 Å². The minimum Gasteiger partial charge on any atom is -0.494 e. The maximum absolute atomic E-state index is 13.1. The Kier molecular flexibility index (Phi) is 11.1. The van der Waals surface area contributed by atoms with Crippen LogP contribution in [0.15, 0.2) is 36.4 Å². The van der Waals surface area contributed by atoms with E-state index in [0.29, 0.717) is 26.1 Å². The van der Waals surface area contributed by atoms with E-state index in [9.17, 15) is 9.59 Å². The molecule has 3 atom stereocenters. The molecule has 0 unspecified atom stereocenters. The van der Waals surface area contributed by atoms with Crippen LogP contribution in [-0.4, -0.2) is 46.2 Å². The summed E-state index contributed by atoms with van der Waals surface area (Å²) in [5.41, 5.74) is 0.647. The smallest absolute Gasteiger partial charge is 0.312 e. The van der Waals surface area contributed by atoms with Crippen molar-refractivity contribution in [3.05, 3.63) is 42.0 Å². The van der Waals surface area contributed by atoms with Crippen molar-refractivity contribution in [3.8, 4) is 5.75 Å². The average molecular weight is 561 g/mol. The Bertz CT molecular complexity index is 985. The second-order valence-corrected chi connectivity index (χ2v) is 18.5. The molecule has 1 aliphatic rings. The van der Waals surface area contributed by atoms with E-state index in [1.165, 1.54) is 7.11 Å². The van der Waals surface area contributed by atoms with Crippen LogP contribution in [0.2, 0.25) is 18.1 Å². The van der Waals surface area contributed by atoms with Crippen molar-refractivity contribution in [2.24, 2.45) is 11.3 Å². The van der Waals surface area contributed by atoms with Crippen molar-refractivity contribution < 1.29 is 28.2 Å². The second kappa shape index (κ2) is 13.0. The zero-order valence-electron chi connectivity index (χ0n) is 26.1. The van der Waals surface area contributed by atoms with E-state index >= 15 is 0 Å². The van der Waals surface area contributed by atoms with Gasteiger partial charge in [-0.25, -0.2) is 0 Å². The number of allylic oxidation sites excluding steroid dienone is 1. The highest BCUT2D eigenvalue weighted by Crippen LogP contribution is 2.52. The summed E-state index contributed by atoms with van der Waals surface area (Å²) in [4.78, 5) is 25.9. The van der Waals surface area contributed by atoms with Gasteiger partial charge in [0, 0.05) is 13.0 Å². The second-order valence-electron chi connectivity index (χ2n) is 13.7. The highest BCUT2D eigenvalue weighted by molar-refractivity contribution is 6.74. The zero-order chi connectivity index (χ0) is 29.6. The van der Waals surface area contributed by atoms with Crippen LogP contribution >= 0.6 is 0 Å². The minimum absolute atomic E-state index is 0.00843. The molecule has 0 aliphatic heterocycles. The molecule has 0 amide bonds. The van der Waals surface area contributed by atoms with E-state index in [-0.39, 0.29) is 35.2 Å². The Morgan fingerprint density at radius 2 is 1.67 bits per heavy atom. The number of carbonyl (C=O) groups excluding carboxylic acids is 2. The molecule has 0 saturated heterocycles. The lowest BCUT2D eigenvalue weighted by atomic mass is 9.61. The van der Waals surface area contributed by atoms with Crippen LogP contribution in [0.3, 0.4) is 0 Å².